The summed E-state index contributed by atoms with van der Waals surface area (Å²) >= 11 is 0. The molecule has 182 valence electrons. The smallest absolute Gasteiger partial charge is 0.231 e. The molecule has 4 rings (SSSR count). The second-order valence-corrected chi connectivity index (χ2v) is 10.6. The van der Waals surface area contributed by atoms with Crippen molar-refractivity contribution < 1.29 is 22.4 Å². The van der Waals surface area contributed by atoms with Crippen LogP contribution in [0.1, 0.15) is 48.9 Å². The van der Waals surface area contributed by atoms with Crippen LogP contribution in [0.15, 0.2) is 40.9 Å². The first-order valence-electron chi connectivity index (χ1n) is 11.6. The lowest BCUT2D eigenvalue weighted by atomic mass is 10.0. The van der Waals surface area contributed by atoms with Gasteiger partial charge in [0.2, 0.25) is 11.7 Å². The average Bonchev–Trinajstić information content (AvgIpc) is 3.42. The number of benzene rings is 2. The van der Waals surface area contributed by atoms with Crippen LogP contribution in [0.4, 0.5) is 0 Å². The number of hydrogen-bond donors (Lipinski definition) is 1. The van der Waals surface area contributed by atoms with E-state index < -0.39 is 9.84 Å². The van der Waals surface area contributed by atoms with Crippen LogP contribution in [0, 0.1) is 0 Å². The van der Waals surface area contributed by atoms with Gasteiger partial charge in [-0.15, -0.1) is 0 Å². The molecule has 1 atom stereocenters. The van der Waals surface area contributed by atoms with Crippen LogP contribution in [0.2, 0.25) is 0 Å². The van der Waals surface area contributed by atoms with Crippen molar-refractivity contribution in [3.8, 4) is 22.9 Å². The number of nitrogens with zero attached hydrogens (tertiary/aromatic N) is 2. The van der Waals surface area contributed by atoms with Crippen molar-refractivity contribution >= 4 is 9.84 Å². The van der Waals surface area contributed by atoms with E-state index in [2.05, 4.69) is 21.5 Å². The Hall–Kier alpha value is -2.91. The maximum atomic E-state index is 11.4. The van der Waals surface area contributed by atoms with E-state index in [1.165, 1.54) is 17.4 Å². The fourth-order valence-corrected chi connectivity index (χ4v) is 4.80. The van der Waals surface area contributed by atoms with Gasteiger partial charge in [0.1, 0.15) is 9.84 Å². The molecule has 9 heteroatoms. The molecule has 0 amide bonds. The summed E-state index contributed by atoms with van der Waals surface area (Å²) in [5.74, 6) is 2.65. The zero-order chi connectivity index (χ0) is 24.1. The Morgan fingerprint density at radius 2 is 1.91 bits per heavy atom. The maximum absolute atomic E-state index is 11.4. The molecule has 1 N–H and O–H groups in total. The highest BCUT2D eigenvalue weighted by Gasteiger charge is 2.26. The van der Waals surface area contributed by atoms with Crippen molar-refractivity contribution in [2.24, 2.45) is 0 Å². The molecular formula is C25H31N3O5S. The average molecular weight is 486 g/mol. The van der Waals surface area contributed by atoms with Gasteiger partial charge in [0.15, 0.2) is 11.5 Å². The molecule has 1 aromatic heterocycles. The summed E-state index contributed by atoms with van der Waals surface area (Å²) < 4.78 is 39.8. The van der Waals surface area contributed by atoms with Crippen LogP contribution in [0.5, 0.6) is 11.5 Å². The number of ether oxygens (including phenoxy) is 2. The molecular weight excluding hydrogens is 454 g/mol. The van der Waals surface area contributed by atoms with Crippen molar-refractivity contribution in [2.45, 2.75) is 39.2 Å². The number of sulfone groups is 1. The van der Waals surface area contributed by atoms with E-state index in [1.54, 1.807) is 0 Å². The van der Waals surface area contributed by atoms with Crippen LogP contribution < -0.4 is 14.8 Å². The lowest BCUT2D eigenvalue weighted by Crippen LogP contribution is -2.25. The van der Waals surface area contributed by atoms with Gasteiger partial charge in [-0.25, -0.2) is 8.42 Å². The third-order valence-corrected chi connectivity index (χ3v) is 6.75. The first kappa shape index (κ1) is 24.2. The van der Waals surface area contributed by atoms with E-state index in [-0.39, 0.29) is 11.8 Å². The highest BCUT2D eigenvalue weighted by Crippen LogP contribution is 2.37. The fourth-order valence-electron chi connectivity index (χ4n) is 4.31. The van der Waals surface area contributed by atoms with Gasteiger partial charge in [0.05, 0.1) is 25.4 Å². The molecule has 1 aliphatic carbocycles. The van der Waals surface area contributed by atoms with E-state index in [1.807, 2.05) is 44.2 Å². The number of hydrogen-bond acceptors (Lipinski definition) is 8. The first-order valence-corrected chi connectivity index (χ1v) is 13.7. The van der Waals surface area contributed by atoms with Crippen LogP contribution >= 0.6 is 0 Å². The van der Waals surface area contributed by atoms with Crippen LogP contribution in [-0.2, 0) is 22.7 Å². The summed E-state index contributed by atoms with van der Waals surface area (Å²) in [5, 5.41) is 7.62. The number of aromatic nitrogens is 2. The zero-order valence-electron chi connectivity index (χ0n) is 19.8. The predicted molar refractivity (Wildman–Crippen MR) is 130 cm³/mol. The van der Waals surface area contributed by atoms with Crippen molar-refractivity contribution in [3.05, 3.63) is 59.0 Å². The molecule has 0 fully saturated rings. The molecule has 0 saturated carbocycles. The second-order valence-electron chi connectivity index (χ2n) is 8.38. The molecule has 0 bridgehead atoms. The van der Waals surface area contributed by atoms with Gasteiger partial charge in [0, 0.05) is 24.4 Å². The minimum atomic E-state index is -2.99. The molecule has 0 radical (unpaired) electrons. The minimum absolute atomic E-state index is 0.128. The van der Waals surface area contributed by atoms with Gasteiger partial charge in [-0.1, -0.05) is 29.4 Å². The van der Waals surface area contributed by atoms with Gasteiger partial charge < -0.3 is 19.3 Å². The highest BCUT2D eigenvalue weighted by atomic mass is 32.2. The first-order chi connectivity index (χ1) is 16.4. The van der Waals surface area contributed by atoms with Gasteiger partial charge in [0.25, 0.3) is 0 Å². The Bertz CT molecular complexity index is 1240. The van der Waals surface area contributed by atoms with Gasteiger partial charge in [-0.05, 0) is 55.5 Å². The van der Waals surface area contributed by atoms with Crippen LogP contribution in [-0.4, -0.2) is 50.3 Å². The number of rotatable bonds is 11. The SMILES string of the molecule is CCOc1ccc(Cc2nc(-c3cccc4c3CCC4NCCS(C)(=O)=O)no2)cc1OCC. The molecule has 1 heterocycles. The molecule has 34 heavy (non-hydrogen) atoms. The third-order valence-electron chi connectivity index (χ3n) is 5.81. The summed E-state index contributed by atoms with van der Waals surface area (Å²) in [6, 6.07) is 12.0. The molecule has 0 spiro atoms. The molecule has 0 aliphatic heterocycles. The normalized spacial score (nSPS) is 15.3. The Kier molecular flexibility index (Phi) is 7.53. The number of fused-ring (bicyclic) bond motifs is 1. The molecule has 8 nitrogen and oxygen atoms in total. The van der Waals surface area contributed by atoms with Crippen molar-refractivity contribution in [3.63, 3.8) is 0 Å². The van der Waals surface area contributed by atoms with E-state index >= 15 is 0 Å². The molecule has 1 unspecified atom stereocenters. The van der Waals surface area contributed by atoms with Crippen LogP contribution in [0.3, 0.4) is 0 Å². The third kappa shape index (κ3) is 5.77. The lowest BCUT2D eigenvalue weighted by molar-refractivity contribution is 0.287. The van der Waals surface area contributed by atoms with E-state index in [0.717, 1.165) is 29.7 Å². The summed E-state index contributed by atoms with van der Waals surface area (Å²) in [4.78, 5) is 4.66. The zero-order valence-corrected chi connectivity index (χ0v) is 20.7. The summed E-state index contributed by atoms with van der Waals surface area (Å²) in [5.41, 5.74) is 4.31. The Morgan fingerprint density at radius 1 is 1.12 bits per heavy atom. The molecule has 3 aromatic rings. The predicted octanol–water partition coefficient (Wildman–Crippen LogP) is 3.75. The standard InChI is InChI=1S/C25H31N3O5S/c1-4-31-22-12-9-17(15-23(22)32-5-2)16-24-27-25(28-33-24)20-8-6-7-19-18(20)10-11-21(19)26-13-14-34(3,29)30/h6-9,12,15,21,26H,4-5,10-11,13-14,16H2,1-3H3. The largest absolute Gasteiger partial charge is 0.490 e. The minimum Gasteiger partial charge on any atom is -0.490 e. The van der Waals surface area contributed by atoms with E-state index in [4.69, 9.17) is 14.0 Å². The lowest BCUT2D eigenvalue weighted by Gasteiger charge is -2.14. The second kappa shape index (κ2) is 10.6. The molecule has 2 aromatic carbocycles. The number of nitrogens with one attached hydrogen (secondary N) is 1. The Morgan fingerprint density at radius 3 is 2.68 bits per heavy atom. The molecule has 1 aliphatic rings. The Balaban J connectivity index is 1.49. The summed E-state index contributed by atoms with van der Waals surface area (Å²) in [6.45, 7) is 5.44. The van der Waals surface area contributed by atoms with Gasteiger partial charge in [-0.3, -0.25) is 0 Å². The Labute approximate surface area is 200 Å². The highest BCUT2D eigenvalue weighted by molar-refractivity contribution is 7.90. The topological polar surface area (TPSA) is 104 Å². The van der Waals surface area contributed by atoms with E-state index in [9.17, 15) is 8.42 Å². The van der Waals surface area contributed by atoms with Gasteiger partial charge in [-0.2, -0.15) is 4.98 Å². The van der Waals surface area contributed by atoms with Crippen molar-refractivity contribution in [1.29, 1.82) is 0 Å². The van der Waals surface area contributed by atoms with Crippen molar-refractivity contribution in [2.75, 3.05) is 31.8 Å². The monoisotopic (exact) mass is 485 g/mol. The molecule has 0 saturated heterocycles. The summed E-state index contributed by atoms with van der Waals surface area (Å²) in [6.07, 6.45) is 3.54. The summed E-state index contributed by atoms with van der Waals surface area (Å²) in [7, 11) is -2.99. The quantitative estimate of drug-likeness (QED) is 0.438. The fraction of sp³-hybridized carbons (Fsp3) is 0.440. The van der Waals surface area contributed by atoms with Crippen LogP contribution in [0.25, 0.3) is 11.4 Å². The van der Waals surface area contributed by atoms with Crippen molar-refractivity contribution in [1.82, 2.24) is 15.5 Å². The van der Waals surface area contributed by atoms with Gasteiger partial charge >= 0.3 is 0 Å². The van der Waals surface area contributed by atoms with E-state index in [0.29, 0.717) is 43.6 Å². The maximum Gasteiger partial charge on any atom is 0.231 e.